The molecule has 2 aromatic carbocycles. The first kappa shape index (κ1) is 29.3. The van der Waals surface area contributed by atoms with Crippen molar-refractivity contribution in [3.05, 3.63) is 77.9 Å². The van der Waals surface area contributed by atoms with Crippen LogP contribution in [-0.4, -0.2) is 11.8 Å². The second-order valence-electron chi connectivity index (χ2n) is 9.96. The molecule has 0 aliphatic rings. The van der Waals surface area contributed by atoms with Crippen LogP contribution in [0.4, 0.5) is 0 Å². The van der Waals surface area contributed by atoms with E-state index in [1.807, 2.05) is 72.8 Å². The highest BCUT2D eigenvalue weighted by molar-refractivity contribution is 5.90. The van der Waals surface area contributed by atoms with Crippen LogP contribution in [0.2, 0.25) is 0 Å². The van der Waals surface area contributed by atoms with Crippen LogP contribution in [0.1, 0.15) is 70.9 Å². The lowest BCUT2D eigenvalue weighted by Crippen LogP contribution is -2.54. The normalized spacial score (nSPS) is 14.1. The van der Waals surface area contributed by atoms with Gasteiger partial charge < -0.3 is 0 Å². The van der Waals surface area contributed by atoms with Crippen LogP contribution in [0.15, 0.2) is 66.7 Å². The Hall–Kier alpha value is -2.96. The summed E-state index contributed by atoms with van der Waals surface area (Å²) in [5.74, 6) is 4.98. The van der Waals surface area contributed by atoms with Gasteiger partial charge in [0.05, 0.1) is 17.9 Å². The van der Waals surface area contributed by atoms with Crippen LogP contribution < -0.4 is 16.7 Å². The Labute approximate surface area is 216 Å². The molecule has 2 amide bonds. The summed E-state index contributed by atoms with van der Waals surface area (Å²) in [6, 6.07) is 19.6. The molecule has 36 heavy (non-hydrogen) atoms. The minimum atomic E-state index is -0.971. The van der Waals surface area contributed by atoms with Gasteiger partial charge >= 0.3 is 0 Å². The lowest BCUT2D eigenvalue weighted by atomic mass is 9.63. The third-order valence-corrected chi connectivity index (χ3v) is 6.88. The van der Waals surface area contributed by atoms with Crippen molar-refractivity contribution in [2.45, 2.75) is 66.4 Å². The van der Waals surface area contributed by atoms with E-state index in [1.165, 1.54) is 0 Å². The van der Waals surface area contributed by atoms with Crippen molar-refractivity contribution >= 4 is 17.9 Å². The molecule has 4 N–H and O–H groups in total. The number of allylic oxidation sites excluding steroid dienone is 1. The van der Waals surface area contributed by atoms with Crippen LogP contribution in [0.3, 0.4) is 0 Å². The number of benzene rings is 2. The number of nitrogens with one attached hydrogen (secondary N) is 2. The van der Waals surface area contributed by atoms with Crippen molar-refractivity contribution in [1.82, 2.24) is 10.9 Å². The number of amides is 2. The van der Waals surface area contributed by atoms with Gasteiger partial charge in [-0.1, -0.05) is 113 Å². The smallest absolute Gasteiger partial charge is 0.248 e. The summed E-state index contributed by atoms with van der Waals surface area (Å²) >= 11 is 0. The lowest BCUT2D eigenvalue weighted by molar-refractivity contribution is -0.153. The minimum Gasteiger partial charge on any atom is -0.294 e. The molecule has 196 valence electrons. The summed E-state index contributed by atoms with van der Waals surface area (Å²) in [7, 11) is 0. The number of hydroxylamine groups is 1. The average molecular weight is 494 g/mol. The van der Waals surface area contributed by atoms with Crippen molar-refractivity contribution in [1.29, 1.82) is 0 Å². The van der Waals surface area contributed by atoms with E-state index in [0.717, 1.165) is 24.0 Å². The second kappa shape index (κ2) is 15.2. The highest BCUT2D eigenvalue weighted by atomic mass is 16.6. The van der Waals surface area contributed by atoms with E-state index in [2.05, 4.69) is 38.6 Å². The first-order valence-corrected chi connectivity index (χ1v) is 13.0. The van der Waals surface area contributed by atoms with E-state index in [0.29, 0.717) is 25.2 Å². The number of rotatable bonds is 15. The fraction of sp³-hybridized carbons (Fsp3) is 0.467. The zero-order chi connectivity index (χ0) is 26.4. The Morgan fingerprint density at radius 1 is 0.972 bits per heavy atom. The van der Waals surface area contributed by atoms with Gasteiger partial charge in [-0.3, -0.25) is 19.9 Å². The molecule has 2 aromatic rings. The van der Waals surface area contributed by atoms with Crippen molar-refractivity contribution < 1.29 is 14.4 Å². The first-order valence-electron chi connectivity index (χ1n) is 13.0. The van der Waals surface area contributed by atoms with Gasteiger partial charge in [-0.25, -0.2) is 11.3 Å². The second-order valence-corrected chi connectivity index (χ2v) is 9.96. The molecule has 6 heteroatoms. The zero-order valence-corrected chi connectivity index (χ0v) is 22.2. The number of hydrazine groups is 1. The molecule has 0 spiro atoms. The molecule has 6 nitrogen and oxygen atoms in total. The predicted octanol–water partition coefficient (Wildman–Crippen LogP) is 5.80. The fourth-order valence-corrected chi connectivity index (χ4v) is 5.00. The predicted molar refractivity (Wildman–Crippen MR) is 146 cm³/mol. The Morgan fingerprint density at radius 2 is 1.58 bits per heavy atom. The van der Waals surface area contributed by atoms with Gasteiger partial charge in [0.25, 0.3) is 0 Å². The highest BCUT2D eigenvalue weighted by Crippen LogP contribution is 2.44. The summed E-state index contributed by atoms with van der Waals surface area (Å²) in [6.07, 6.45) is 7.32. The Kier molecular flexibility index (Phi) is 12.4. The standard InChI is InChI=1S/C30H43N3O3/c1-5-24(6-2)21-30(20-23(3)4,29(35)32-31)27(19-13-18-25-14-9-7-10-15-25)28(34)33-36-22-26-16-11-8-12-17-26/h7-18,23-24,27H,5-6,19-22,31H2,1-4H3,(H,32,35)(H,33,34)/b18-13-/t27-,30?/m0/s1. The van der Waals surface area contributed by atoms with Crippen molar-refractivity contribution in [3.8, 4) is 0 Å². The van der Waals surface area contributed by atoms with Gasteiger partial charge in [-0.2, -0.15) is 0 Å². The van der Waals surface area contributed by atoms with Crippen LogP contribution in [0, 0.1) is 23.2 Å². The molecular weight excluding hydrogens is 450 g/mol. The molecule has 0 saturated heterocycles. The van der Waals surface area contributed by atoms with Crippen molar-refractivity contribution in [2.75, 3.05) is 0 Å². The maximum absolute atomic E-state index is 13.7. The van der Waals surface area contributed by atoms with Crippen LogP contribution in [-0.2, 0) is 21.0 Å². The maximum atomic E-state index is 13.7. The summed E-state index contributed by atoms with van der Waals surface area (Å²) in [5, 5.41) is 0. The van der Waals surface area contributed by atoms with Crippen molar-refractivity contribution in [2.24, 2.45) is 29.0 Å². The van der Waals surface area contributed by atoms with Crippen molar-refractivity contribution in [3.63, 3.8) is 0 Å². The molecule has 0 bridgehead atoms. The quantitative estimate of drug-likeness (QED) is 0.166. The van der Waals surface area contributed by atoms with E-state index in [4.69, 9.17) is 10.7 Å². The van der Waals surface area contributed by atoms with Gasteiger partial charge in [0.1, 0.15) is 0 Å². The van der Waals surface area contributed by atoms with E-state index in [-0.39, 0.29) is 24.3 Å². The third-order valence-electron chi connectivity index (χ3n) is 6.88. The molecule has 0 heterocycles. The third kappa shape index (κ3) is 8.61. The van der Waals surface area contributed by atoms with Crippen LogP contribution in [0.5, 0.6) is 0 Å². The fourth-order valence-electron chi connectivity index (χ4n) is 5.00. The van der Waals surface area contributed by atoms with Gasteiger partial charge in [0, 0.05) is 0 Å². The molecule has 0 saturated carbocycles. The molecule has 2 atom stereocenters. The number of hydrogen-bond donors (Lipinski definition) is 3. The molecular formula is C30H43N3O3. The number of hydrogen-bond acceptors (Lipinski definition) is 4. The Bertz CT molecular complexity index is 942. The Balaban J connectivity index is 2.40. The summed E-state index contributed by atoms with van der Waals surface area (Å²) < 4.78 is 0. The van der Waals surface area contributed by atoms with Gasteiger partial charge in [0.15, 0.2) is 0 Å². The summed E-state index contributed by atoms with van der Waals surface area (Å²) in [5.41, 5.74) is 6.07. The zero-order valence-electron chi connectivity index (χ0n) is 22.2. The lowest BCUT2D eigenvalue weighted by Gasteiger charge is -2.41. The first-order chi connectivity index (χ1) is 17.4. The van der Waals surface area contributed by atoms with E-state index < -0.39 is 11.3 Å². The van der Waals surface area contributed by atoms with E-state index in [9.17, 15) is 9.59 Å². The largest absolute Gasteiger partial charge is 0.294 e. The SMILES string of the molecule is CCC(CC)CC(CC(C)C)(C(=O)NN)[C@@H](C/C=C\c1ccccc1)C(=O)NOCc1ccccc1. The average Bonchev–Trinajstić information content (AvgIpc) is 2.89. The molecule has 1 unspecified atom stereocenters. The highest BCUT2D eigenvalue weighted by Gasteiger charge is 2.49. The molecule has 0 aliphatic carbocycles. The van der Waals surface area contributed by atoms with E-state index in [1.54, 1.807) is 0 Å². The van der Waals surface area contributed by atoms with Gasteiger partial charge in [-0.05, 0) is 42.2 Å². The summed E-state index contributed by atoms with van der Waals surface area (Å²) in [6.45, 7) is 8.65. The minimum absolute atomic E-state index is 0.190. The molecule has 2 rings (SSSR count). The van der Waals surface area contributed by atoms with Gasteiger partial charge in [0.2, 0.25) is 11.8 Å². The molecule has 0 aliphatic heterocycles. The monoisotopic (exact) mass is 493 g/mol. The van der Waals surface area contributed by atoms with Crippen LogP contribution in [0.25, 0.3) is 6.08 Å². The van der Waals surface area contributed by atoms with Gasteiger partial charge in [-0.15, -0.1) is 0 Å². The summed E-state index contributed by atoms with van der Waals surface area (Å²) in [4.78, 5) is 32.8. The molecule has 0 radical (unpaired) electrons. The number of nitrogens with two attached hydrogens (primary N) is 1. The maximum Gasteiger partial charge on any atom is 0.248 e. The molecule has 0 fully saturated rings. The Morgan fingerprint density at radius 3 is 2.14 bits per heavy atom. The van der Waals surface area contributed by atoms with Crippen LogP contribution >= 0.6 is 0 Å². The number of carbonyl (C=O) groups is 2. The van der Waals surface area contributed by atoms with E-state index >= 15 is 0 Å². The number of carbonyl (C=O) groups excluding carboxylic acids is 2. The molecule has 0 aromatic heterocycles. The topological polar surface area (TPSA) is 93.5 Å².